The number of carbonyl (C=O) groups excluding carboxylic acids is 1. The van der Waals surface area contributed by atoms with Crippen LogP contribution in [-0.4, -0.2) is 5.97 Å². The summed E-state index contributed by atoms with van der Waals surface area (Å²) in [5.74, 6) is -4.93. The first-order valence-corrected chi connectivity index (χ1v) is 8.17. The van der Waals surface area contributed by atoms with E-state index in [4.69, 9.17) is 10.00 Å². The zero-order chi connectivity index (χ0) is 21.1. The van der Waals surface area contributed by atoms with E-state index in [1.165, 1.54) is 30.3 Å². The van der Waals surface area contributed by atoms with Crippen LogP contribution >= 0.6 is 0 Å². The first kappa shape index (κ1) is 19.8. The van der Waals surface area contributed by atoms with Crippen molar-refractivity contribution >= 4 is 5.97 Å². The summed E-state index contributed by atoms with van der Waals surface area (Å²) in [5.41, 5.74) is -1.23. The average Bonchev–Trinajstić information content (AvgIpc) is 2.67. The number of rotatable bonds is 4. The van der Waals surface area contributed by atoms with Gasteiger partial charge in [-0.3, -0.25) is 0 Å². The van der Waals surface area contributed by atoms with E-state index >= 15 is 0 Å². The summed E-state index contributed by atoms with van der Waals surface area (Å²) in [6, 6.07) is 10.6. The maximum absolute atomic E-state index is 14.6. The zero-order valence-electron chi connectivity index (χ0n) is 14.7. The SMILES string of the molecule is C=CC(=O)Oc1ccc(-c2cc(F)c(-c3cc(F)c(C#N)c(F)c3)c(F)c2)cc1. The maximum Gasteiger partial charge on any atom is 0.335 e. The molecule has 3 aromatic rings. The van der Waals surface area contributed by atoms with Crippen LogP contribution in [-0.2, 0) is 4.79 Å². The molecule has 3 nitrogen and oxygen atoms in total. The third-order valence-electron chi connectivity index (χ3n) is 4.06. The molecule has 0 amide bonds. The molecule has 0 unspecified atom stereocenters. The molecule has 7 heteroatoms. The Balaban J connectivity index is 1.99. The zero-order valence-corrected chi connectivity index (χ0v) is 14.7. The molecule has 0 aliphatic carbocycles. The monoisotopic (exact) mass is 397 g/mol. The summed E-state index contributed by atoms with van der Waals surface area (Å²) in [5, 5.41) is 8.70. The Morgan fingerprint density at radius 2 is 1.38 bits per heavy atom. The topological polar surface area (TPSA) is 50.1 Å². The van der Waals surface area contributed by atoms with Crippen LogP contribution < -0.4 is 4.74 Å². The predicted octanol–water partition coefficient (Wildman–Crippen LogP) is 5.54. The van der Waals surface area contributed by atoms with E-state index in [2.05, 4.69) is 6.58 Å². The molecule has 3 aromatic carbocycles. The number of hydrogen-bond acceptors (Lipinski definition) is 3. The first-order chi connectivity index (χ1) is 13.8. The summed E-state index contributed by atoms with van der Waals surface area (Å²) in [4.78, 5) is 11.2. The Morgan fingerprint density at radius 3 is 1.86 bits per heavy atom. The minimum atomic E-state index is -1.21. The Kier molecular flexibility index (Phi) is 5.46. The molecule has 0 heterocycles. The van der Waals surface area contributed by atoms with Crippen molar-refractivity contribution in [3.63, 3.8) is 0 Å². The molecule has 0 radical (unpaired) electrons. The fourth-order valence-corrected chi connectivity index (χ4v) is 2.71. The van der Waals surface area contributed by atoms with Gasteiger partial charge in [0.25, 0.3) is 0 Å². The lowest BCUT2D eigenvalue weighted by Gasteiger charge is -2.10. The van der Waals surface area contributed by atoms with Crippen molar-refractivity contribution in [2.24, 2.45) is 0 Å². The molecule has 144 valence electrons. The molecule has 0 aromatic heterocycles. The molecule has 3 rings (SSSR count). The van der Waals surface area contributed by atoms with E-state index in [9.17, 15) is 22.4 Å². The molecule has 0 atom stereocenters. The van der Waals surface area contributed by atoms with Crippen LogP contribution in [0.25, 0.3) is 22.3 Å². The van der Waals surface area contributed by atoms with Gasteiger partial charge in [0.15, 0.2) is 0 Å². The van der Waals surface area contributed by atoms with Crippen LogP contribution in [0.3, 0.4) is 0 Å². The van der Waals surface area contributed by atoms with Crippen molar-refractivity contribution in [1.29, 1.82) is 5.26 Å². The molecule has 0 bridgehead atoms. The molecule has 0 saturated carbocycles. The minimum Gasteiger partial charge on any atom is -0.423 e. The summed E-state index contributed by atoms with van der Waals surface area (Å²) in [7, 11) is 0. The predicted molar refractivity (Wildman–Crippen MR) is 97.7 cm³/mol. The summed E-state index contributed by atoms with van der Waals surface area (Å²) in [6.45, 7) is 3.27. The Bertz CT molecular complexity index is 1120. The lowest BCUT2D eigenvalue weighted by Crippen LogP contribution is -2.02. The molecule has 0 aliphatic rings. The van der Waals surface area contributed by atoms with Gasteiger partial charge in [-0.2, -0.15) is 5.26 Å². The van der Waals surface area contributed by atoms with Crippen LogP contribution in [0.2, 0.25) is 0 Å². The van der Waals surface area contributed by atoms with Crippen LogP contribution in [0.5, 0.6) is 5.75 Å². The van der Waals surface area contributed by atoms with Crippen molar-refractivity contribution in [2.75, 3.05) is 0 Å². The number of nitriles is 1. The van der Waals surface area contributed by atoms with E-state index < -0.39 is 40.4 Å². The van der Waals surface area contributed by atoms with Gasteiger partial charge < -0.3 is 4.74 Å². The van der Waals surface area contributed by atoms with Gasteiger partial charge in [0.05, 0.1) is 5.56 Å². The van der Waals surface area contributed by atoms with Crippen molar-refractivity contribution < 1.29 is 27.1 Å². The van der Waals surface area contributed by atoms with Crippen LogP contribution in [0, 0.1) is 34.6 Å². The number of halogens is 4. The number of nitrogens with zero attached hydrogens (tertiary/aromatic N) is 1. The standard InChI is InChI=1S/C22H11F4NO2/c1-2-21(28)29-15-5-3-12(4-6-15)13-7-19(25)22(20(26)8-13)14-9-17(23)16(11-27)18(24)10-14/h2-10H,1H2. The van der Waals surface area contributed by atoms with Crippen molar-refractivity contribution in [3.8, 4) is 34.1 Å². The highest BCUT2D eigenvalue weighted by Crippen LogP contribution is 2.33. The molecule has 0 aliphatic heterocycles. The second-order valence-electron chi connectivity index (χ2n) is 5.89. The van der Waals surface area contributed by atoms with Gasteiger partial charge in [0.1, 0.15) is 40.7 Å². The fourth-order valence-electron chi connectivity index (χ4n) is 2.71. The summed E-state index contributed by atoms with van der Waals surface area (Å²) in [6.07, 6.45) is 0.992. The van der Waals surface area contributed by atoms with Gasteiger partial charge in [-0.25, -0.2) is 22.4 Å². The first-order valence-electron chi connectivity index (χ1n) is 8.17. The summed E-state index contributed by atoms with van der Waals surface area (Å²) < 4.78 is 61.7. The van der Waals surface area contributed by atoms with Gasteiger partial charge in [-0.15, -0.1) is 0 Å². The normalized spacial score (nSPS) is 10.3. The smallest absolute Gasteiger partial charge is 0.335 e. The third kappa shape index (κ3) is 4.01. The molecule has 0 saturated heterocycles. The van der Waals surface area contributed by atoms with Crippen molar-refractivity contribution in [3.05, 3.63) is 90.0 Å². The highest BCUT2D eigenvalue weighted by atomic mass is 19.1. The molecule has 0 N–H and O–H groups in total. The Labute approximate surface area is 163 Å². The Morgan fingerprint density at radius 1 is 0.862 bits per heavy atom. The summed E-state index contributed by atoms with van der Waals surface area (Å²) >= 11 is 0. The maximum atomic E-state index is 14.6. The van der Waals surface area contributed by atoms with Gasteiger partial charge in [0, 0.05) is 6.08 Å². The lowest BCUT2D eigenvalue weighted by molar-refractivity contribution is -0.128. The highest BCUT2D eigenvalue weighted by Gasteiger charge is 2.18. The quantitative estimate of drug-likeness (QED) is 0.251. The van der Waals surface area contributed by atoms with Gasteiger partial charge in [0.2, 0.25) is 0 Å². The van der Waals surface area contributed by atoms with Crippen molar-refractivity contribution in [1.82, 2.24) is 0 Å². The molecule has 0 fully saturated rings. The third-order valence-corrected chi connectivity index (χ3v) is 4.06. The van der Waals surface area contributed by atoms with E-state index in [-0.39, 0.29) is 16.9 Å². The van der Waals surface area contributed by atoms with Crippen LogP contribution in [0.15, 0.2) is 61.2 Å². The lowest BCUT2D eigenvalue weighted by atomic mass is 9.97. The molecular formula is C22H11F4NO2. The van der Waals surface area contributed by atoms with E-state index in [1.807, 2.05) is 0 Å². The number of ether oxygens (including phenoxy) is 1. The van der Waals surface area contributed by atoms with Crippen molar-refractivity contribution in [2.45, 2.75) is 0 Å². The second kappa shape index (κ2) is 7.98. The van der Waals surface area contributed by atoms with Gasteiger partial charge >= 0.3 is 5.97 Å². The molecular weight excluding hydrogens is 386 g/mol. The van der Waals surface area contributed by atoms with Crippen LogP contribution in [0.1, 0.15) is 5.56 Å². The minimum absolute atomic E-state index is 0.167. The van der Waals surface area contributed by atoms with E-state index in [0.29, 0.717) is 17.7 Å². The van der Waals surface area contributed by atoms with E-state index in [1.54, 1.807) is 0 Å². The number of esters is 1. The second-order valence-corrected chi connectivity index (χ2v) is 5.89. The largest absolute Gasteiger partial charge is 0.423 e. The highest BCUT2D eigenvalue weighted by molar-refractivity contribution is 5.83. The number of benzene rings is 3. The van der Waals surface area contributed by atoms with Crippen LogP contribution in [0.4, 0.5) is 17.6 Å². The van der Waals surface area contributed by atoms with E-state index in [0.717, 1.165) is 18.2 Å². The van der Waals surface area contributed by atoms with Gasteiger partial charge in [-0.1, -0.05) is 18.7 Å². The Hall–Kier alpha value is -3.92. The average molecular weight is 397 g/mol. The molecule has 29 heavy (non-hydrogen) atoms. The number of carbonyl (C=O) groups is 1. The fraction of sp³-hybridized carbons (Fsp3) is 0. The van der Waals surface area contributed by atoms with Gasteiger partial charge in [-0.05, 0) is 53.1 Å². The number of hydrogen-bond donors (Lipinski definition) is 0. The molecule has 0 spiro atoms.